The number of carbonyl (C=O) groups is 3. The first-order valence-corrected chi connectivity index (χ1v) is 21.4. The summed E-state index contributed by atoms with van der Waals surface area (Å²) in [7, 11) is 1.70. The number of aryl methyl sites for hydroxylation is 1. The molecule has 3 aromatic heterocycles. The summed E-state index contributed by atoms with van der Waals surface area (Å²) in [5.41, 5.74) is 3.63. The van der Waals surface area contributed by atoms with Crippen molar-refractivity contribution in [3.05, 3.63) is 100 Å². The van der Waals surface area contributed by atoms with Gasteiger partial charge in [-0.05, 0) is 73.4 Å². The van der Waals surface area contributed by atoms with Gasteiger partial charge in [0, 0.05) is 69.2 Å². The number of amides is 3. The Morgan fingerprint density at radius 3 is 2.48 bits per heavy atom. The van der Waals surface area contributed by atoms with E-state index in [4.69, 9.17) is 19.8 Å². The van der Waals surface area contributed by atoms with Crippen molar-refractivity contribution in [2.45, 2.75) is 62.8 Å². The summed E-state index contributed by atoms with van der Waals surface area (Å²) in [6, 6.07) is 11.9. The number of halogens is 3. The van der Waals surface area contributed by atoms with Crippen molar-refractivity contribution < 1.29 is 37.4 Å². The van der Waals surface area contributed by atoms with Gasteiger partial charge in [0.1, 0.15) is 11.6 Å². The first kappa shape index (κ1) is 41.4. The number of hydrogen-bond acceptors (Lipinski definition) is 11. The molecule has 1 saturated carbocycles. The van der Waals surface area contributed by atoms with E-state index >= 15 is 0 Å². The lowest BCUT2D eigenvalue weighted by Crippen LogP contribution is -2.70. The number of ether oxygens (including phenoxy) is 1. The Balaban J connectivity index is 0.726. The molecule has 10 rings (SSSR count). The molecule has 1 unspecified atom stereocenters. The second-order valence-electron chi connectivity index (χ2n) is 17.5. The molecule has 19 heteroatoms. The molecule has 4 aliphatic rings. The average molecular weight is 879 g/mol. The number of hydrogen-bond donors (Lipinski definition) is 3. The second-order valence-corrected chi connectivity index (χ2v) is 17.5. The van der Waals surface area contributed by atoms with Crippen LogP contribution in [-0.2, 0) is 27.9 Å². The van der Waals surface area contributed by atoms with Crippen molar-refractivity contribution in [1.29, 1.82) is 0 Å². The van der Waals surface area contributed by atoms with Crippen LogP contribution in [0.25, 0.3) is 33.1 Å². The van der Waals surface area contributed by atoms with E-state index in [-0.39, 0.29) is 48.5 Å². The number of imide groups is 1. The van der Waals surface area contributed by atoms with Gasteiger partial charge in [-0.1, -0.05) is 18.2 Å². The molecule has 1 aliphatic carbocycles. The van der Waals surface area contributed by atoms with E-state index in [1.54, 1.807) is 11.6 Å². The van der Waals surface area contributed by atoms with Gasteiger partial charge in [-0.3, -0.25) is 38.4 Å². The van der Waals surface area contributed by atoms with Crippen molar-refractivity contribution >= 4 is 45.6 Å². The van der Waals surface area contributed by atoms with E-state index in [0.29, 0.717) is 43.8 Å². The smallest absolute Gasteiger partial charge is 0.329 e. The monoisotopic (exact) mass is 878 g/mol. The van der Waals surface area contributed by atoms with E-state index in [1.807, 2.05) is 59.7 Å². The lowest BCUT2D eigenvalue weighted by atomic mass is 9.86. The molecule has 3 amide bonds. The van der Waals surface area contributed by atoms with Crippen molar-refractivity contribution in [2.24, 2.45) is 13.0 Å². The molecule has 0 bridgehead atoms. The molecular weight excluding hydrogens is 834 g/mol. The van der Waals surface area contributed by atoms with E-state index in [1.165, 1.54) is 4.57 Å². The standard InChI is InChI=1S/C45H45F3N10O6/c1-54-36-14-26(4-9-34(36)58(44(54)63)35-10-11-37(59)52-42(35)62)20-55-12-13-64-45(22-55)23-56(24-45)43-50-18-29(19-51-43)27-5-6-28-21-57(53-33(28)15-27)30-7-2-25(3-8-30)17-49-41(61)31-16-32(46)40(60)39(48)38(31)47/h4-6,9,14-16,18-19,21,25,30,35,60H,2-3,7-8,10-13,17,20,22-24H2,1H3,(H,49,61)(H,52,59,62). The molecule has 6 aromatic rings. The summed E-state index contributed by atoms with van der Waals surface area (Å²) in [4.78, 5) is 64.0. The number of nitrogens with one attached hydrogen (secondary N) is 2. The van der Waals surface area contributed by atoms with Crippen LogP contribution in [0.5, 0.6) is 5.75 Å². The Bertz CT molecular complexity index is 2900. The van der Waals surface area contributed by atoms with Crippen molar-refractivity contribution in [1.82, 2.24) is 44.4 Å². The topological polar surface area (TPSA) is 182 Å². The van der Waals surface area contributed by atoms with E-state index in [0.717, 1.165) is 71.9 Å². The van der Waals surface area contributed by atoms with Crippen LogP contribution in [0.4, 0.5) is 19.1 Å². The zero-order valence-electron chi connectivity index (χ0n) is 34.9. The number of aromatic hydroxyl groups is 1. The van der Waals surface area contributed by atoms with E-state index in [2.05, 4.69) is 20.4 Å². The maximum atomic E-state index is 14.2. The quantitative estimate of drug-likeness (QED) is 0.138. The van der Waals surface area contributed by atoms with E-state index in [9.17, 15) is 37.5 Å². The molecule has 3 saturated heterocycles. The van der Waals surface area contributed by atoms with Crippen LogP contribution in [0.15, 0.2) is 65.8 Å². The van der Waals surface area contributed by atoms with Crippen LogP contribution in [0.1, 0.15) is 66.5 Å². The summed E-state index contributed by atoms with van der Waals surface area (Å²) in [6.07, 6.45) is 9.29. The van der Waals surface area contributed by atoms with Crippen molar-refractivity contribution in [2.75, 3.05) is 44.2 Å². The van der Waals surface area contributed by atoms with Gasteiger partial charge in [0.25, 0.3) is 5.91 Å². The zero-order valence-corrected chi connectivity index (χ0v) is 34.9. The number of phenols is 1. The molecule has 332 valence electrons. The van der Waals surface area contributed by atoms with Crippen molar-refractivity contribution in [3.63, 3.8) is 0 Å². The van der Waals surface area contributed by atoms with Crippen LogP contribution in [0.2, 0.25) is 0 Å². The first-order valence-electron chi connectivity index (χ1n) is 21.4. The third kappa shape index (κ3) is 7.55. The van der Waals surface area contributed by atoms with Crippen LogP contribution >= 0.6 is 0 Å². The Labute approximate surface area is 363 Å². The van der Waals surface area contributed by atoms with Crippen LogP contribution in [0.3, 0.4) is 0 Å². The highest BCUT2D eigenvalue weighted by Crippen LogP contribution is 2.36. The zero-order chi connectivity index (χ0) is 44.4. The molecule has 0 radical (unpaired) electrons. The molecule has 3 aromatic carbocycles. The molecule has 3 aliphatic heterocycles. The third-order valence-electron chi connectivity index (χ3n) is 13.3. The average Bonchev–Trinajstić information content (AvgIpc) is 3.82. The fraction of sp³-hybridized carbons (Fsp3) is 0.400. The molecule has 1 atom stereocenters. The third-order valence-corrected chi connectivity index (χ3v) is 13.3. The Morgan fingerprint density at radius 2 is 1.72 bits per heavy atom. The number of aromatic nitrogens is 6. The van der Waals surface area contributed by atoms with Crippen LogP contribution in [-0.4, -0.2) is 102 Å². The number of rotatable bonds is 9. The molecule has 6 heterocycles. The normalized spacial score (nSPS) is 21.4. The maximum Gasteiger partial charge on any atom is 0.329 e. The minimum Gasteiger partial charge on any atom is -0.503 e. The maximum absolute atomic E-state index is 14.2. The fourth-order valence-electron chi connectivity index (χ4n) is 9.77. The minimum atomic E-state index is -1.79. The highest BCUT2D eigenvalue weighted by Gasteiger charge is 2.48. The number of anilines is 1. The highest BCUT2D eigenvalue weighted by atomic mass is 19.2. The number of nitrogens with zero attached hydrogens (tertiary/aromatic N) is 8. The van der Waals surface area contributed by atoms with Crippen LogP contribution in [0, 0.1) is 23.4 Å². The summed E-state index contributed by atoms with van der Waals surface area (Å²) in [5.74, 6) is -7.23. The number of morpholine rings is 1. The van der Waals surface area contributed by atoms with Gasteiger partial charge in [0.15, 0.2) is 17.4 Å². The number of carbonyl (C=O) groups excluding carboxylic acids is 3. The van der Waals surface area contributed by atoms with Gasteiger partial charge in [-0.25, -0.2) is 23.5 Å². The summed E-state index contributed by atoms with van der Waals surface area (Å²) in [6.45, 7) is 4.25. The minimum absolute atomic E-state index is 0.101. The fourth-order valence-corrected chi connectivity index (χ4v) is 9.77. The number of piperidine rings is 1. The van der Waals surface area contributed by atoms with Gasteiger partial charge in [0.2, 0.25) is 23.6 Å². The second kappa shape index (κ2) is 16.2. The van der Waals surface area contributed by atoms with Crippen molar-refractivity contribution in [3.8, 4) is 16.9 Å². The van der Waals surface area contributed by atoms with Gasteiger partial charge >= 0.3 is 5.69 Å². The summed E-state index contributed by atoms with van der Waals surface area (Å²) in [5, 5.41) is 20.1. The van der Waals surface area contributed by atoms with E-state index < -0.39 is 46.6 Å². The molecule has 64 heavy (non-hydrogen) atoms. The number of imidazole rings is 1. The molecule has 16 nitrogen and oxygen atoms in total. The SMILES string of the molecule is Cn1c(=O)n(C2CCC(=O)NC2=O)c2ccc(CN3CCOC4(C3)CN(c3ncc(-c5ccc6cn(C7CCC(CNC(=O)c8cc(F)c(O)c(F)c8F)CC7)nc6c5)cn3)C4)cc21. The predicted octanol–water partition coefficient (Wildman–Crippen LogP) is 4.50. The van der Waals surface area contributed by atoms with Crippen LogP contribution < -0.4 is 21.2 Å². The highest BCUT2D eigenvalue weighted by molar-refractivity contribution is 6.00. The molecule has 1 spiro atoms. The molecular formula is C45H45F3N10O6. The molecule has 3 N–H and O–H groups in total. The van der Waals surface area contributed by atoms with Gasteiger partial charge in [0.05, 0.1) is 47.9 Å². The Hall–Kier alpha value is -6.60. The predicted molar refractivity (Wildman–Crippen MR) is 227 cm³/mol. The number of benzene rings is 3. The Morgan fingerprint density at radius 1 is 0.938 bits per heavy atom. The lowest BCUT2D eigenvalue weighted by molar-refractivity contribution is -0.135. The number of phenolic OH excluding ortho intramolecular Hbond substituents is 1. The van der Waals surface area contributed by atoms with Gasteiger partial charge in [-0.2, -0.15) is 9.49 Å². The summed E-state index contributed by atoms with van der Waals surface area (Å²) >= 11 is 0. The first-order chi connectivity index (χ1) is 30.8. The Kier molecular flexibility index (Phi) is 10.5. The van der Waals surface area contributed by atoms with Gasteiger partial charge in [-0.15, -0.1) is 0 Å². The lowest BCUT2D eigenvalue weighted by Gasteiger charge is -2.53. The van der Waals surface area contributed by atoms with Gasteiger partial charge < -0.3 is 20.1 Å². The number of fused-ring (bicyclic) bond motifs is 2. The molecule has 4 fully saturated rings. The largest absolute Gasteiger partial charge is 0.503 e. The summed E-state index contributed by atoms with van der Waals surface area (Å²) < 4.78 is 53.0.